The van der Waals surface area contributed by atoms with E-state index in [1.165, 1.54) is 0 Å². The van der Waals surface area contributed by atoms with Crippen molar-refractivity contribution in [3.63, 3.8) is 0 Å². The highest BCUT2D eigenvalue weighted by atomic mass is 16.3. The lowest BCUT2D eigenvalue weighted by molar-refractivity contribution is 0.274. The van der Waals surface area contributed by atoms with Crippen molar-refractivity contribution >= 4 is 11.0 Å². The number of aliphatic hydroxyl groups is 1. The van der Waals surface area contributed by atoms with E-state index in [4.69, 9.17) is 10.7 Å². The number of aromatic nitrogens is 3. The molecule has 0 saturated carbocycles. The van der Waals surface area contributed by atoms with Gasteiger partial charge in [0.2, 0.25) is 0 Å². The van der Waals surface area contributed by atoms with E-state index < -0.39 is 0 Å². The molecule has 0 bridgehead atoms. The molecule has 0 aliphatic carbocycles. The molecule has 3 N–H and O–H groups in total. The summed E-state index contributed by atoms with van der Waals surface area (Å²) in [5, 5.41) is 9.47. The smallest absolute Gasteiger partial charge is 0.126 e. The Bertz CT molecular complexity index is 811. The second kappa shape index (κ2) is 7.11. The quantitative estimate of drug-likeness (QED) is 0.730. The van der Waals surface area contributed by atoms with Gasteiger partial charge < -0.3 is 15.4 Å². The Morgan fingerprint density at radius 1 is 1.12 bits per heavy atom. The highest BCUT2D eigenvalue weighted by Crippen LogP contribution is 2.28. The van der Waals surface area contributed by atoms with Crippen LogP contribution in [-0.2, 0) is 6.54 Å². The Balaban J connectivity index is 2.09. The minimum absolute atomic E-state index is 0.0618. The van der Waals surface area contributed by atoms with Gasteiger partial charge in [-0.05, 0) is 47.7 Å². The highest BCUT2D eigenvalue weighted by molar-refractivity contribution is 5.82. The molecule has 0 fully saturated rings. The monoisotopic (exact) mass is 324 g/mol. The van der Waals surface area contributed by atoms with Crippen molar-refractivity contribution in [2.24, 2.45) is 11.7 Å². The van der Waals surface area contributed by atoms with Crippen LogP contribution in [0.1, 0.15) is 32.1 Å². The first kappa shape index (κ1) is 16.6. The summed E-state index contributed by atoms with van der Waals surface area (Å²) in [6.07, 6.45) is 4.44. The molecule has 0 aliphatic heterocycles. The van der Waals surface area contributed by atoms with E-state index in [2.05, 4.69) is 31.0 Å². The Kier molecular flexibility index (Phi) is 4.92. The molecule has 0 saturated heterocycles. The van der Waals surface area contributed by atoms with Crippen LogP contribution >= 0.6 is 0 Å². The summed E-state index contributed by atoms with van der Waals surface area (Å²) in [4.78, 5) is 8.80. The van der Waals surface area contributed by atoms with Crippen molar-refractivity contribution in [1.82, 2.24) is 14.5 Å². The van der Waals surface area contributed by atoms with E-state index in [9.17, 15) is 5.11 Å². The summed E-state index contributed by atoms with van der Waals surface area (Å²) in [5.74, 6) is 1.34. The Morgan fingerprint density at radius 2 is 1.88 bits per heavy atom. The molecule has 2 aromatic heterocycles. The molecule has 1 unspecified atom stereocenters. The normalized spacial score (nSPS) is 12.9. The maximum absolute atomic E-state index is 9.47. The third kappa shape index (κ3) is 3.32. The zero-order valence-corrected chi connectivity index (χ0v) is 14.2. The number of nitrogens with zero attached hydrogens (tertiary/aromatic N) is 3. The molecule has 0 radical (unpaired) electrons. The fourth-order valence-electron chi connectivity index (χ4n) is 3.10. The SMILES string of the molecule is CC(C)CC(N)c1nc2ccc(-c3ccncc3)cc2n1CCO. The molecule has 5 nitrogen and oxygen atoms in total. The van der Waals surface area contributed by atoms with Gasteiger partial charge in [0, 0.05) is 18.9 Å². The van der Waals surface area contributed by atoms with Gasteiger partial charge in [0.05, 0.1) is 23.7 Å². The lowest BCUT2D eigenvalue weighted by Gasteiger charge is -2.16. The lowest BCUT2D eigenvalue weighted by Crippen LogP contribution is -2.19. The topological polar surface area (TPSA) is 77.0 Å². The number of pyridine rings is 1. The number of rotatable bonds is 6. The number of hydrogen-bond acceptors (Lipinski definition) is 4. The van der Waals surface area contributed by atoms with Crippen LogP contribution in [0.2, 0.25) is 0 Å². The predicted octanol–water partition coefficient (Wildman–Crippen LogP) is 3.14. The van der Waals surface area contributed by atoms with Gasteiger partial charge in [-0.1, -0.05) is 19.9 Å². The molecule has 24 heavy (non-hydrogen) atoms. The molecule has 5 heteroatoms. The van der Waals surface area contributed by atoms with Crippen LogP contribution in [-0.4, -0.2) is 26.2 Å². The molecule has 3 rings (SSSR count). The van der Waals surface area contributed by atoms with Crippen molar-refractivity contribution in [2.75, 3.05) is 6.61 Å². The minimum Gasteiger partial charge on any atom is -0.395 e. The van der Waals surface area contributed by atoms with Gasteiger partial charge in [-0.25, -0.2) is 4.98 Å². The molecule has 0 aliphatic rings. The number of hydrogen-bond donors (Lipinski definition) is 2. The van der Waals surface area contributed by atoms with E-state index >= 15 is 0 Å². The summed E-state index contributed by atoms with van der Waals surface area (Å²) in [5.41, 5.74) is 10.5. The summed E-state index contributed by atoms with van der Waals surface area (Å²) in [6.45, 7) is 4.87. The van der Waals surface area contributed by atoms with Crippen LogP contribution in [0, 0.1) is 5.92 Å². The van der Waals surface area contributed by atoms with Gasteiger partial charge in [-0.15, -0.1) is 0 Å². The number of nitrogens with two attached hydrogens (primary N) is 1. The maximum Gasteiger partial charge on any atom is 0.126 e. The second-order valence-corrected chi connectivity index (χ2v) is 6.52. The largest absolute Gasteiger partial charge is 0.395 e. The van der Waals surface area contributed by atoms with Crippen LogP contribution < -0.4 is 5.73 Å². The molecule has 2 heterocycles. The van der Waals surface area contributed by atoms with Gasteiger partial charge in [0.15, 0.2) is 0 Å². The zero-order chi connectivity index (χ0) is 17.1. The highest BCUT2D eigenvalue weighted by Gasteiger charge is 2.18. The molecule has 0 spiro atoms. The average Bonchev–Trinajstić information content (AvgIpc) is 2.93. The predicted molar refractivity (Wildman–Crippen MR) is 96.4 cm³/mol. The van der Waals surface area contributed by atoms with Gasteiger partial charge in [0.25, 0.3) is 0 Å². The number of aliphatic hydroxyl groups excluding tert-OH is 1. The van der Waals surface area contributed by atoms with E-state index in [0.717, 1.165) is 34.4 Å². The number of benzene rings is 1. The van der Waals surface area contributed by atoms with Gasteiger partial charge in [0.1, 0.15) is 5.82 Å². The molecule has 3 aromatic rings. The summed E-state index contributed by atoms with van der Waals surface area (Å²) >= 11 is 0. The van der Waals surface area contributed by atoms with E-state index in [1.54, 1.807) is 12.4 Å². The van der Waals surface area contributed by atoms with Crippen LogP contribution in [0.25, 0.3) is 22.2 Å². The van der Waals surface area contributed by atoms with Crippen LogP contribution in [0.5, 0.6) is 0 Å². The first-order valence-electron chi connectivity index (χ1n) is 8.37. The second-order valence-electron chi connectivity index (χ2n) is 6.52. The Labute approximate surface area is 142 Å². The summed E-state index contributed by atoms with van der Waals surface area (Å²) in [7, 11) is 0. The minimum atomic E-state index is -0.131. The van der Waals surface area contributed by atoms with Gasteiger partial charge in [-0.3, -0.25) is 4.98 Å². The number of imidazole rings is 1. The maximum atomic E-state index is 9.47. The zero-order valence-electron chi connectivity index (χ0n) is 14.2. The average molecular weight is 324 g/mol. The van der Waals surface area contributed by atoms with Crippen molar-refractivity contribution < 1.29 is 5.11 Å². The first-order chi connectivity index (χ1) is 11.6. The molecule has 0 amide bonds. The molecule has 1 aromatic carbocycles. The number of fused-ring (bicyclic) bond motifs is 1. The van der Waals surface area contributed by atoms with Gasteiger partial charge >= 0.3 is 0 Å². The molecule has 126 valence electrons. The Morgan fingerprint density at radius 3 is 2.54 bits per heavy atom. The molecule has 1 atom stereocenters. The summed E-state index contributed by atoms with van der Waals surface area (Å²) in [6, 6.07) is 10.0. The van der Waals surface area contributed by atoms with Crippen LogP contribution in [0.15, 0.2) is 42.7 Å². The van der Waals surface area contributed by atoms with Crippen molar-refractivity contribution in [3.8, 4) is 11.1 Å². The van der Waals surface area contributed by atoms with Crippen molar-refractivity contribution in [2.45, 2.75) is 32.9 Å². The standard InChI is InChI=1S/C19H24N4O/c1-13(2)11-16(20)19-22-17-4-3-15(14-5-7-21-8-6-14)12-18(17)23(19)9-10-24/h3-8,12-13,16,24H,9-11,20H2,1-2H3. The van der Waals surface area contributed by atoms with E-state index in [1.807, 2.05) is 22.8 Å². The van der Waals surface area contributed by atoms with E-state index in [-0.39, 0.29) is 12.6 Å². The fraction of sp³-hybridized carbons (Fsp3) is 0.368. The summed E-state index contributed by atoms with van der Waals surface area (Å²) < 4.78 is 2.05. The van der Waals surface area contributed by atoms with E-state index in [0.29, 0.717) is 12.5 Å². The van der Waals surface area contributed by atoms with Crippen LogP contribution in [0.3, 0.4) is 0 Å². The van der Waals surface area contributed by atoms with Crippen LogP contribution in [0.4, 0.5) is 0 Å². The molecular formula is C19H24N4O. The third-order valence-corrected chi connectivity index (χ3v) is 4.17. The fourth-order valence-corrected chi connectivity index (χ4v) is 3.10. The first-order valence-corrected chi connectivity index (χ1v) is 8.37. The Hall–Kier alpha value is -2.24. The van der Waals surface area contributed by atoms with Crippen molar-refractivity contribution in [3.05, 3.63) is 48.5 Å². The lowest BCUT2D eigenvalue weighted by atomic mass is 10.0. The molecular weight excluding hydrogens is 300 g/mol. The van der Waals surface area contributed by atoms with Crippen molar-refractivity contribution in [1.29, 1.82) is 0 Å². The third-order valence-electron chi connectivity index (χ3n) is 4.17. The van der Waals surface area contributed by atoms with Gasteiger partial charge in [-0.2, -0.15) is 0 Å².